The molecule has 0 radical (unpaired) electrons. The molecule has 5 nitrogen and oxygen atoms in total. The van der Waals surface area contributed by atoms with Crippen LogP contribution in [0.1, 0.15) is 5.56 Å². The minimum atomic E-state index is -0.884. The van der Waals surface area contributed by atoms with Gasteiger partial charge in [-0.25, -0.2) is 13.6 Å². The third-order valence-corrected chi connectivity index (χ3v) is 3.77. The first kappa shape index (κ1) is 15.9. The molecule has 0 aliphatic carbocycles. The fourth-order valence-corrected chi connectivity index (χ4v) is 2.61. The molecule has 0 unspecified atom stereocenters. The number of urea groups is 1. The highest BCUT2D eigenvalue weighted by Gasteiger charge is 2.24. The summed E-state index contributed by atoms with van der Waals surface area (Å²) in [7, 11) is 0. The molecule has 0 spiro atoms. The number of hydrogen-bond acceptors (Lipinski definition) is 2. The molecule has 1 aliphatic rings. The van der Waals surface area contributed by atoms with E-state index in [2.05, 4.69) is 10.6 Å². The normalized spacial score (nSPS) is 12.7. The number of amides is 3. The highest BCUT2D eigenvalue weighted by molar-refractivity contribution is 5.99. The smallest absolute Gasteiger partial charge is 0.319 e. The van der Waals surface area contributed by atoms with Gasteiger partial charge in [0, 0.05) is 18.3 Å². The number of nitrogens with one attached hydrogen (secondary N) is 2. The number of halogens is 2. The second-order valence-corrected chi connectivity index (χ2v) is 5.36. The van der Waals surface area contributed by atoms with E-state index in [9.17, 15) is 18.4 Å². The van der Waals surface area contributed by atoms with Crippen molar-refractivity contribution in [1.29, 1.82) is 0 Å². The quantitative estimate of drug-likeness (QED) is 0.908. The highest BCUT2D eigenvalue weighted by Crippen LogP contribution is 2.27. The van der Waals surface area contributed by atoms with E-state index in [1.165, 1.54) is 0 Å². The van der Waals surface area contributed by atoms with Gasteiger partial charge in [0.05, 0.1) is 12.2 Å². The van der Waals surface area contributed by atoms with Crippen LogP contribution < -0.4 is 15.5 Å². The molecule has 3 amide bonds. The van der Waals surface area contributed by atoms with E-state index in [1.807, 2.05) is 24.3 Å². The summed E-state index contributed by atoms with van der Waals surface area (Å²) in [5.41, 5.74) is 1.77. The van der Waals surface area contributed by atoms with E-state index < -0.39 is 17.7 Å². The average Bonchev–Trinajstić information content (AvgIpc) is 2.99. The van der Waals surface area contributed by atoms with Gasteiger partial charge in [0.25, 0.3) is 0 Å². The van der Waals surface area contributed by atoms with E-state index in [0.717, 1.165) is 29.8 Å². The summed E-state index contributed by atoms with van der Waals surface area (Å²) in [5.74, 6) is -1.87. The lowest BCUT2D eigenvalue weighted by Gasteiger charge is -2.17. The summed E-state index contributed by atoms with van der Waals surface area (Å²) < 4.78 is 26.3. The lowest BCUT2D eigenvalue weighted by Crippen LogP contribution is -2.41. The maximum Gasteiger partial charge on any atom is 0.319 e. The lowest BCUT2D eigenvalue weighted by molar-refractivity contribution is -0.117. The third-order valence-electron chi connectivity index (χ3n) is 3.77. The monoisotopic (exact) mass is 331 g/mol. The molecular weight excluding hydrogens is 316 g/mol. The zero-order chi connectivity index (χ0) is 17.1. The van der Waals surface area contributed by atoms with Gasteiger partial charge >= 0.3 is 6.03 Å². The van der Waals surface area contributed by atoms with Gasteiger partial charge in [0.1, 0.15) is 11.6 Å². The second-order valence-electron chi connectivity index (χ2n) is 5.36. The third kappa shape index (κ3) is 3.34. The van der Waals surface area contributed by atoms with Gasteiger partial charge in [-0.05, 0) is 30.2 Å². The summed E-state index contributed by atoms with van der Waals surface area (Å²) in [5, 5.41) is 4.62. The number of para-hydroxylation sites is 1. The van der Waals surface area contributed by atoms with Gasteiger partial charge in [-0.3, -0.25) is 4.79 Å². The zero-order valence-electron chi connectivity index (χ0n) is 12.7. The van der Waals surface area contributed by atoms with E-state index in [-0.39, 0.29) is 18.1 Å². The highest BCUT2D eigenvalue weighted by atomic mass is 19.1. The van der Waals surface area contributed by atoms with Gasteiger partial charge in [0.2, 0.25) is 5.91 Å². The molecular formula is C17H15F2N3O2. The maximum atomic E-state index is 13.5. The van der Waals surface area contributed by atoms with Crippen LogP contribution in [0, 0.1) is 11.6 Å². The van der Waals surface area contributed by atoms with E-state index >= 15 is 0 Å². The minimum Gasteiger partial charge on any atom is -0.329 e. The standard InChI is InChI=1S/C17H15F2N3O2/c18-12-5-6-14(13(19)9-12)21-17(24)20-10-16(23)22-8-7-11-3-1-2-4-15(11)22/h1-6,9H,7-8,10H2,(H2,20,21,24). The topological polar surface area (TPSA) is 61.4 Å². The molecule has 2 N–H and O–H groups in total. The number of carbonyl (C=O) groups excluding carboxylic acids is 2. The Balaban J connectivity index is 1.56. The van der Waals surface area contributed by atoms with Crippen LogP contribution in [0.2, 0.25) is 0 Å². The largest absolute Gasteiger partial charge is 0.329 e. The molecule has 1 heterocycles. The Hall–Kier alpha value is -2.96. The predicted octanol–water partition coefficient (Wildman–Crippen LogP) is 2.68. The van der Waals surface area contributed by atoms with Gasteiger partial charge in [0.15, 0.2) is 0 Å². The maximum absolute atomic E-state index is 13.5. The molecule has 124 valence electrons. The van der Waals surface area contributed by atoms with Crippen LogP contribution in [0.5, 0.6) is 0 Å². The van der Waals surface area contributed by atoms with Crippen LogP contribution in [-0.2, 0) is 11.2 Å². The van der Waals surface area contributed by atoms with Crippen LogP contribution in [-0.4, -0.2) is 25.0 Å². The molecule has 7 heteroatoms. The summed E-state index contributed by atoms with van der Waals surface area (Å²) in [6.45, 7) is 0.344. The first-order valence-corrected chi connectivity index (χ1v) is 7.43. The molecule has 24 heavy (non-hydrogen) atoms. The molecule has 0 saturated heterocycles. The zero-order valence-corrected chi connectivity index (χ0v) is 12.7. The fraction of sp³-hybridized carbons (Fsp3) is 0.176. The molecule has 0 saturated carbocycles. The van der Waals surface area contributed by atoms with E-state index in [0.29, 0.717) is 12.6 Å². The Morgan fingerprint density at radius 1 is 1.12 bits per heavy atom. The predicted molar refractivity (Wildman–Crippen MR) is 85.9 cm³/mol. The Labute approximate surface area is 137 Å². The molecule has 0 bridgehead atoms. The Bertz CT molecular complexity index is 795. The van der Waals surface area contributed by atoms with Crippen molar-refractivity contribution in [3.8, 4) is 0 Å². The summed E-state index contributed by atoms with van der Waals surface area (Å²) in [4.78, 5) is 25.6. The first-order chi connectivity index (χ1) is 11.5. The van der Waals surface area contributed by atoms with Crippen molar-refractivity contribution >= 4 is 23.3 Å². The molecule has 2 aromatic rings. The molecule has 0 atom stereocenters. The number of nitrogens with zero attached hydrogens (tertiary/aromatic N) is 1. The number of rotatable bonds is 3. The van der Waals surface area contributed by atoms with Gasteiger partial charge in [-0.15, -0.1) is 0 Å². The molecule has 3 rings (SSSR count). The number of benzene rings is 2. The molecule has 2 aromatic carbocycles. The second kappa shape index (κ2) is 6.66. The summed E-state index contributed by atoms with van der Waals surface area (Å²) in [6, 6.07) is 9.66. The minimum absolute atomic E-state index is 0.159. The van der Waals surface area contributed by atoms with Crippen LogP contribution >= 0.6 is 0 Å². The lowest BCUT2D eigenvalue weighted by atomic mass is 10.2. The summed E-state index contributed by atoms with van der Waals surface area (Å²) in [6.07, 6.45) is 0.773. The SMILES string of the molecule is O=C(NCC(=O)N1CCc2ccccc21)Nc1ccc(F)cc1F. The molecule has 1 aliphatic heterocycles. The average molecular weight is 331 g/mol. The van der Waals surface area contributed by atoms with Crippen molar-refractivity contribution < 1.29 is 18.4 Å². The Kier molecular flexibility index (Phi) is 4.41. The van der Waals surface area contributed by atoms with Crippen LogP contribution in [0.15, 0.2) is 42.5 Å². The van der Waals surface area contributed by atoms with Crippen molar-refractivity contribution in [2.24, 2.45) is 0 Å². The van der Waals surface area contributed by atoms with Gasteiger partial charge in [-0.1, -0.05) is 18.2 Å². The first-order valence-electron chi connectivity index (χ1n) is 7.43. The number of hydrogen-bond donors (Lipinski definition) is 2. The van der Waals surface area contributed by atoms with Gasteiger partial charge in [-0.2, -0.15) is 0 Å². The number of anilines is 2. The molecule has 0 fully saturated rings. The fourth-order valence-electron chi connectivity index (χ4n) is 2.61. The van der Waals surface area contributed by atoms with Crippen molar-refractivity contribution in [1.82, 2.24) is 5.32 Å². The van der Waals surface area contributed by atoms with E-state index in [4.69, 9.17) is 0 Å². The Morgan fingerprint density at radius 2 is 1.92 bits per heavy atom. The van der Waals surface area contributed by atoms with Crippen LogP contribution in [0.3, 0.4) is 0 Å². The Morgan fingerprint density at radius 3 is 2.71 bits per heavy atom. The molecule has 0 aromatic heterocycles. The van der Waals surface area contributed by atoms with Crippen molar-refractivity contribution in [3.63, 3.8) is 0 Å². The van der Waals surface area contributed by atoms with Crippen molar-refractivity contribution in [3.05, 3.63) is 59.7 Å². The van der Waals surface area contributed by atoms with Crippen LogP contribution in [0.4, 0.5) is 25.0 Å². The summed E-state index contributed by atoms with van der Waals surface area (Å²) >= 11 is 0. The van der Waals surface area contributed by atoms with Crippen molar-refractivity contribution in [2.75, 3.05) is 23.3 Å². The van der Waals surface area contributed by atoms with Gasteiger partial charge < -0.3 is 15.5 Å². The number of fused-ring (bicyclic) bond motifs is 1. The van der Waals surface area contributed by atoms with Crippen LogP contribution in [0.25, 0.3) is 0 Å². The van der Waals surface area contributed by atoms with E-state index in [1.54, 1.807) is 4.90 Å². The number of carbonyl (C=O) groups is 2. The van der Waals surface area contributed by atoms with Crippen molar-refractivity contribution in [2.45, 2.75) is 6.42 Å².